The van der Waals surface area contributed by atoms with Gasteiger partial charge in [0.25, 0.3) is 0 Å². The van der Waals surface area contributed by atoms with Gasteiger partial charge in [-0.1, -0.05) is 0 Å². The maximum absolute atomic E-state index is 13.7. The fraction of sp³-hybridized carbons (Fsp3) is 0.182. The van der Waals surface area contributed by atoms with Crippen LogP contribution in [-0.2, 0) is 0 Å². The Morgan fingerprint density at radius 2 is 1.80 bits per heavy atom. The molecule has 0 aliphatic heterocycles. The number of pyridine rings is 1. The van der Waals surface area contributed by atoms with E-state index >= 15 is 0 Å². The summed E-state index contributed by atoms with van der Waals surface area (Å²) < 4.78 is 27.8. The van der Waals surface area contributed by atoms with Gasteiger partial charge >= 0.3 is 0 Å². The van der Waals surface area contributed by atoms with Crippen LogP contribution in [0, 0.1) is 25.5 Å². The van der Waals surface area contributed by atoms with Crippen molar-refractivity contribution in [2.45, 2.75) is 13.8 Å². The highest BCUT2D eigenvalue weighted by Crippen LogP contribution is 2.27. The minimum absolute atomic E-state index is 0.0741. The molecule has 0 saturated carbocycles. The summed E-state index contributed by atoms with van der Waals surface area (Å²) in [6, 6.07) is 2.83. The standard InChI is InChI=1S/C11H8BrF2N/c1-5-4-8(12)15-11-7(13)3-6(2)10(14)9(5)11/h3-4H,1-2H3. The van der Waals surface area contributed by atoms with E-state index in [-0.39, 0.29) is 10.9 Å². The molecule has 0 N–H and O–H groups in total. The zero-order chi connectivity index (χ0) is 11.2. The Labute approximate surface area is 94.3 Å². The lowest BCUT2D eigenvalue weighted by Crippen LogP contribution is -1.95. The molecule has 1 aromatic carbocycles. The lowest BCUT2D eigenvalue weighted by Gasteiger charge is -2.07. The van der Waals surface area contributed by atoms with E-state index in [1.807, 2.05) is 0 Å². The number of halogens is 3. The first-order valence-electron chi connectivity index (χ1n) is 4.42. The van der Waals surface area contributed by atoms with Crippen molar-refractivity contribution >= 4 is 26.8 Å². The van der Waals surface area contributed by atoms with Crippen molar-refractivity contribution in [3.63, 3.8) is 0 Å². The average Bonchev–Trinajstić information content (AvgIpc) is 2.13. The van der Waals surface area contributed by atoms with Gasteiger partial charge in [-0.05, 0) is 53.0 Å². The van der Waals surface area contributed by atoms with Gasteiger partial charge in [0.1, 0.15) is 21.8 Å². The quantitative estimate of drug-likeness (QED) is 0.663. The predicted molar refractivity (Wildman–Crippen MR) is 58.8 cm³/mol. The fourth-order valence-electron chi connectivity index (χ4n) is 1.60. The lowest BCUT2D eigenvalue weighted by atomic mass is 10.1. The molecule has 2 rings (SSSR count). The lowest BCUT2D eigenvalue weighted by molar-refractivity contribution is 0.607. The van der Waals surface area contributed by atoms with Crippen LogP contribution in [0.5, 0.6) is 0 Å². The Balaban J connectivity index is 3.03. The molecule has 1 heterocycles. The molecular formula is C11H8BrF2N. The van der Waals surface area contributed by atoms with E-state index < -0.39 is 11.6 Å². The van der Waals surface area contributed by atoms with Gasteiger partial charge in [0, 0.05) is 5.39 Å². The molecule has 0 bridgehead atoms. The molecule has 0 aliphatic carbocycles. The SMILES string of the molecule is Cc1cc(F)c2nc(Br)cc(C)c2c1F. The summed E-state index contributed by atoms with van der Waals surface area (Å²) in [5.74, 6) is -0.891. The highest BCUT2D eigenvalue weighted by molar-refractivity contribution is 9.10. The maximum Gasteiger partial charge on any atom is 0.149 e. The van der Waals surface area contributed by atoms with E-state index in [1.54, 1.807) is 19.9 Å². The zero-order valence-corrected chi connectivity index (χ0v) is 9.82. The van der Waals surface area contributed by atoms with Crippen LogP contribution in [-0.4, -0.2) is 4.98 Å². The molecular weight excluding hydrogens is 264 g/mol. The van der Waals surface area contributed by atoms with Gasteiger partial charge < -0.3 is 0 Å². The second-order valence-corrected chi connectivity index (χ2v) is 4.29. The molecule has 78 valence electrons. The molecule has 0 amide bonds. The number of aromatic nitrogens is 1. The molecule has 0 atom stereocenters. The number of nitrogens with zero attached hydrogens (tertiary/aromatic N) is 1. The van der Waals surface area contributed by atoms with E-state index in [4.69, 9.17) is 0 Å². The molecule has 15 heavy (non-hydrogen) atoms. The highest BCUT2D eigenvalue weighted by Gasteiger charge is 2.13. The smallest absolute Gasteiger partial charge is 0.149 e. The largest absolute Gasteiger partial charge is 0.238 e. The molecule has 0 radical (unpaired) electrons. The van der Waals surface area contributed by atoms with Crippen LogP contribution in [0.2, 0.25) is 0 Å². The van der Waals surface area contributed by atoms with Gasteiger partial charge in [0.15, 0.2) is 0 Å². The minimum Gasteiger partial charge on any atom is -0.238 e. The summed E-state index contributed by atoms with van der Waals surface area (Å²) in [5, 5.41) is 0.260. The molecule has 0 unspecified atom stereocenters. The fourth-order valence-corrected chi connectivity index (χ4v) is 2.12. The van der Waals surface area contributed by atoms with E-state index in [1.165, 1.54) is 0 Å². The second kappa shape index (κ2) is 3.52. The maximum atomic E-state index is 13.7. The second-order valence-electron chi connectivity index (χ2n) is 3.47. The third-order valence-electron chi connectivity index (χ3n) is 2.32. The van der Waals surface area contributed by atoms with Crippen LogP contribution in [0.3, 0.4) is 0 Å². The number of hydrogen-bond acceptors (Lipinski definition) is 1. The van der Waals surface area contributed by atoms with Crippen LogP contribution in [0.15, 0.2) is 16.7 Å². The van der Waals surface area contributed by atoms with Gasteiger partial charge in [0.05, 0.1) is 0 Å². The Morgan fingerprint density at radius 3 is 2.47 bits per heavy atom. The summed E-state index contributed by atoms with van der Waals surface area (Å²) in [6.45, 7) is 3.27. The predicted octanol–water partition coefficient (Wildman–Crippen LogP) is 3.89. The first kappa shape index (κ1) is 10.5. The van der Waals surface area contributed by atoms with Crippen LogP contribution >= 0.6 is 15.9 Å². The number of benzene rings is 1. The van der Waals surface area contributed by atoms with Gasteiger partial charge in [-0.2, -0.15) is 0 Å². The molecule has 4 heteroatoms. The molecule has 0 spiro atoms. The van der Waals surface area contributed by atoms with Crippen LogP contribution in [0.25, 0.3) is 10.9 Å². The first-order valence-corrected chi connectivity index (χ1v) is 5.21. The molecule has 1 aromatic heterocycles. The monoisotopic (exact) mass is 271 g/mol. The topological polar surface area (TPSA) is 12.9 Å². The van der Waals surface area contributed by atoms with Crippen LogP contribution in [0.1, 0.15) is 11.1 Å². The van der Waals surface area contributed by atoms with Gasteiger partial charge in [-0.15, -0.1) is 0 Å². The van der Waals surface area contributed by atoms with Crippen molar-refractivity contribution in [1.82, 2.24) is 4.98 Å². The number of hydrogen-bond donors (Lipinski definition) is 0. The van der Waals surface area contributed by atoms with E-state index in [0.29, 0.717) is 15.7 Å². The van der Waals surface area contributed by atoms with Crippen LogP contribution in [0.4, 0.5) is 8.78 Å². The highest BCUT2D eigenvalue weighted by atomic mass is 79.9. The summed E-state index contributed by atoms with van der Waals surface area (Å²) in [6.07, 6.45) is 0. The third kappa shape index (κ3) is 1.63. The average molecular weight is 272 g/mol. The number of fused-ring (bicyclic) bond motifs is 1. The Morgan fingerprint density at radius 1 is 1.13 bits per heavy atom. The van der Waals surface area contributed by atoms with Crippen LogP contribution < -0.4 is 0 Å². The van der Waals surface area contributed by atoms with E-state index in [0.717, 1.165) is 6.07 Å². The van der Waals surface area contributed by atoms with Gasteiger partial charge in [0.2, 0.25) is 0 Å². The Kier molecular flexibility index (Phi) is 2.46. The number of aryl methyl sites for hydroxylation is 2. The normalized spacial score (nSPS) is 11.0. The molecule has 2 aromatic rings. The van der Waals surface area contributed by atoms with Gasteiger partial charge in [-0.25, -0.2) is 13.8 Å². The van der Waals surface area contributed by atoms with Crippen molar-refractivity contribution in [2.75, 3.05) is 0 Å². The summed E-state index contributed by atoms with van der Waals surface area (Å²) in [7, 11) is 0. The summed E-state index contributed by atoms with van der Waals surface area (Å²) >= 11 is 3.16. The van der Waals surface area contributed by atoms with E-state index in [9.17, 15) is 8.78 Å². The molecule has 1 nitrogen and oxygen atoms in total. The van der Waals surface area contributed by atoms with Crippen molar-refractivity contribution in [1.29, 1.82) is 0 Å². The minimum atomic E-state index is -0.492. The molecule has 0 saturated heterocycles. The van der Waals surface area contributed by atoms with E-state index in [2.05, 4.69) is 20.9 Å². The van der Waals surface area contributed by atoms with Gasteiger partial charge in [-0.3, -0.25) is 0 Å². The van der Waals surface area contributed by atoms with Crippen molar-refractivity contribution in [3.8, 4) is 0 Å². The Hall–Kier alpha value is -1.03. The number of rotatable bonds is 0. The van der Waals surface area contributed by atoms with Crippen molar-refractivity contribution in [3.05, 3.63) is 39.5 Å². The molecule has 0 aliphatic rings. The van der Waals surface area contributed by atoms with Crippen molar-refractivity contribution < 1.29 is 8.78 Å². The molecule has 0 fully saturated rings. The summed E-state index contributed by atoms with van der Waals surface area (Å²) in [5.41, 5.74) is 1.05. The zero-order valence-electron chi connectivity index (χ0n) is 8.24. The van der Waals surface area contributed by atoms with Crippen molar-refractivity contribution in [2.24, 2.45) is 0 Å². The first-order chi connectivity index (χ1) is 7.00. The third-order valence-corrected chi connectivity index (χ3v) is 2.73. The Bertz CT molecular complexity index is 552. The summed E-state index contributed by atoms with van der Waals surface area (Å²) in [4.78, 5) is 3.94.